The van der Waals surface area contributed by atoms with Gasteiger partial charge in [-0.2, -0.15) is 0 Å². The molecule has 2 rings (SSSR count). The molecule has 92 valence electrons. The molecule has 1 heterocycles. The zero-order valence-corrected chi connectivity index (χ0v) is 10.4. The van der Waals surface area contributed by atoms with Crippen LogP contribution in [0, 0.1) is 0 Å². The number of aromatic hydroxyl groups is 1. The molecule has 1 aromatic heterocycles. The van der Waals surface area contributed by atoms with Crippen molar-refractivity contribution >= 4 is 35.1 Å². The molecule has 5 nitrogen and oxygen atoms in total. The number of carbonyl (C=O) groups excluding carboxylic acids is 1. The number of hydrogen-bond donors (Lipinski definition) is 2. The van der Waals surface area contributed by atoms with E-state index in [1.54, 1.807) is 0 Å². The molecule has 1 amide bonds. The highest BCUT2D eigenvalue weighted by molar-refractivity contribution is 6.31. The van der Waals surface area contributed by atoms with Gasteiger partial charge in [0.2, 0.25) is 5.95 Å². The van der Waals surface area contributed by atoms with Crippen LogP contribution in [0.3, 0.4) is 0 Å². The Bertz CT molecular complexity index is 605. The number of anilines is 1. The number of benzene rings is 1. The molecule has 0 spiro atoms. The number of halogens is 2. The highest BCUT2D eigenvalue weighted by Crippen LogP contribution is 2.22. The summed E-state index contributed by atoms with van der Waals surface area (Å²) in [6.45, 7) is 0. The van der Waals surface area contributed by atoms with Gasteiger partial charge in [-0.25, -0.2) is 9.97 Å². The van der Waals surface area contributed by atoms with Gasteiger partial charge in [-0.1, -0.05) is 23.2 Å². The maximum Gasteiger partial charge on any atom is 0.261 e. The van der Waals surface area contributed by atoms with E-state index in [1.165, 1.54) is 30.5 Å². The van der Waals surface area contributed by atoms with Crippen LogP contribution in [0.25, 0.3) is 0 Å². The SMILES string of the molecule is O=C(Nc1nccc(Cl)n1)c1ccc(Cl)cc1O. The third kappa shape index (κ3) is 2.88. The Balaban J connectivity index is 2.22. The first-order chi connectivity index (χ1) is 8.56. The molecule has 0 atom stereocenters. The Hall–Kier alpha value is -1.85. The standard InChI is InChI=1S/C11H7Cl2N3O2/c12-6-1-2-7(8(17)5-6)10(18)16-11-14-4-3-9(13)15-11/h1-5,17H,(H,14,15,16,18). The van der Waals surface area contributed by atoms with Crippen molar-refractivity contribution in [2.45, 2.75) is 0 Å². The first kappa shape index (κ1) is 12.6. The van der Waals surface area contributed by atoms with Crippen molar-refractivity contribution in [1.29, 1.82) is 0 Å². The molecule has 18 heavy (non-hydrogen) atoms. The van der Waals surface area contributed by atoms with Gasteiger partial charge in [-0.05, 0) is 24.3 Å². The van der Waals surface area contributed by atoms with Crippen LogP contribution in [-0.4, -0.2) is 21.0 Å². The topological polar surface area (TPSA) is 75.1 Å². The molecule has 2 N–H and O–H groups in total. The van der Waals surface area contributed by atoms with E-state index in [9.17, 15) is 9.90 Å². The molecular weight excluding hydrogens is 277 g/mol. The number of hydrogen-bond acceptors (Lipinski definition) is 4. The first-order valence-electron chi connectivity index (χ1n) is 4.84. The van der Waals surface area contributed by atoms with Crippen molar-refractivity contribution in [3.8, 4) is 5.75 Å². The predicted molar refractivity (Wildman–Crippen MR) is 68.1 cm³/mol. The van der Waals surface area contributed by atoms with Crippen molar-refractivity contribution in [2.24, 2.45) is 0 Å². The third-order valence-electron chi connectivity index (χ3n) is 2.05. The van der Waals surface area contributed by atoms with Crippen LogP contribution in [-0.2, 0) is 0 Å². The zero-order valence-electron chi connectivity index (χ0n) is 8.89. The molecule has 0 saturated heterocycles. The summed E-state index contributed by atoms with van der Waals surface area (Å²) in [5.74, 6) is -0.713. The van der Waals surface area contributed by atoms with Crippen molar-refractivity contribution in [2.75, 3.05) is 5.32 Å². The van der Waals surface area contributed by atoms with Crippen LogP contribution in [0.5, 0.6) is 5.75 Å². The quantitative estimate of drug-likeness (QED) is 0.831. The van der Waals surface area contributed by atoms with E-state index in [0.717, 1.165) is 0 Å². The smallest absolute Gasteiger partial charge is 0.261 e. The maximum absolute atomic E-state index is 11.8. The summed E-state index contributed by atoms with van der Waals surface area (Å²) >= 11 is 11.3. The van der Waals surface area contributed by atoms with Gasteiger partial charge in [0, 0.05) is 11.2 Å². The summed E-state index contributed by atoms with van der Waals surface area (Å²) < 4.78 is 0. The van der Waals surface area contributed by atoms with Gasteiger partial charge < -0.3 is 5.11 Å². The van der Waals surface area contributed by atoms with Gasteiger partial charge in [0.25, 0.3) is 5.91 Å². The highest BCUT2D eigenvalue weighted by atomic mass is 35.5. The van der Waals surface area contributed by atoms with Gasteiger partial charge in [-0.15, -0.1) is 0 Å². The summed E-state index contributed by atoms with van der Waals surface area (Å²) in [7, 11) is 0. The Morgan fingerprint density at radius 2 is 2.06 bits per heavy atom. The second-order valence-electron chi connectivity index (χ2n) is 3.32. The average molecular weight is 284 g/mol. The molecule has 0 fully saturated rings. The molecule has 0 saturated carbocycles. The summed E-state index contributed by atoms with van der Waals surface area (Å²) in [4.78, 5) is 19.4. The summed E-state index contributed by atoms with van der Waals surface area (Å²) in [6, 6.07) is 5.65. The van der Waals surface area contributed by atoms with Crippen molar-refractivity contribution in [1.82, 2.24) is 9.97 Å². The molecule has 0 aliphatic carbocycles. The lowest BCUT2D eigenvalue weighted by Gasteiger charge is -2.05. The fourth-order valence-corrected chi connectivity index (χ4v) is 1.57. The second-order valence-corrected chi connectivity index (χ2v) is 4.14. The van der Waals surface area contributed by atoms with E-state index < -0.39 is 5.91 Å². The van der Waals surface area contributed by atoms with Crippen LogP contribution in [0.2, 0.25) is 10.2 Å². The van der Waals surface area contributed by atoms with Crippen LogP contribution in [0.1, 0.15) is 10.4 Å². The van der Waals surface area contributed by atoms with E-state index in [-0.39, 0.29) is 22.4 Å². The largest absolute Gasteiger partial charge is 0.507 e. The first-order valence-corrected chi connectivity index (χ1v) is 5.60. The van der Waals surface area contributed by atoms with Gasteiger partial charge >= 0.3 is 0 Å². The van der Waals surface area contributed by atoms with E-state index in [4.69, 9.17) is 23.2 Å². The van der Waals surface area contributed by atoms with E-state index in [0.29, 0.717) is 5.02 Å². The van der Waals surface area contributed by atoms with Crippen molar-refractivity contribution < 1.29 is 9.90 Å². The second kappa shape index (κ2) is 5.20. The monoisotopic (exact) mass is 283 g/mol. The number of phenols is 1. The number of carbonyl (C=O) groups is 1. The maximum atomic E-state index is 11.8. The molecule has 0 unspecified atom stereocenters. The summed E-state index contributed by atoms with van der Waals surface area (Å²) in [5.41, 5.74) is 0.0722. The highest BCUT2D eigenvalue weighted by Gasteiger charge is 2.12. The minimum Gasteiger partial charge on any atom is -0.507 e. The molecule has 1 aromatic carbocycles. The minimum absolute atomic E-state index is 0.0573. The van der Waals surface area contributed by atoms with Crippen LogP contribution in [0.4, 0.5) is 5.95 Å². The molecule has 0 aliphatic heterocycles. The van der Waals surface area contributed by atoms with Crippen LogP contribution >= 0.6 is 23.2 Å². The molecular formula is C11H7Cl2N3O2. The molecule has 2 aromatic rings. The summed E-state index contributed by atoms with van der Waals surface area (Å²) in [6.07, 6.45) is 1.41. The number of aromatic nitrogens is 2. The normalized spacial score (nSPS) is 10.1. The fourth-order valence-electron chi connectivity index (χ4n) is 1.26. The predicted octanol–water partition coefficient (Wildman–Crippen LogP) is 2.74. The molecule has 0 radical (unpaired) electrons. The van der Waals surface area contributed by atoms with Crippen LogP contribution in [0.15, 0.2) is 30.5 Å². The van der Waals surface area contributed by atoms with Crippen LogP contribution < -0.4 is 5.32 Å². The lowest BCUT2D eigenvalue weighted by Crippen LogP contribution is -2.14. The van der Waals surface area contributed by atoms with E-state index in [2.05, 4.69) is 15.3 Å². The lowest BCUT2D eigenvalue weighted by molar-refractivity contribution is 0.102. The summed E-state index contributed by atoms with van der Waals surface area (Å²) in [5, 5.41) is 12.5. The molecule has 7 heteroatoms. The molecule has 0 bridgehead atoms. The lowest BCUT2D eigenvalue weighted by atomic mass is 10.2. The third-order valence-corrected chi connectivity index (χ3v) is 2.50. The average Bonchev–Trinajstić information content (AvgIpc) is 2.28. The van der Waals surface area contributed by atoms with Gasteiger partial charge in [0.15, 0.2) is 0 Å². The number of nitrogens with one attached hydrogen (secondary N) is 1. The Labute approximate surface area is 112 Å². The Morgan fingerprint density at radius 3 is 2.72 bits per heavy atom. The van der Waals surface area contributed by atoms with Gasteiger partial charge in [0.1, 0.15) is 10.9 Å². The zero-order chi connectivity index (χ0) is 13.1. The number of amides is 1. The minimum atomic E-state index is -0.550. The Kier molecular flexibility index (Phi) is 3.64. The number of rotatable bonds is 2. The van der Waals surface area contributed by atoms with Crippen molar-refractivity contribution in [3.05, 3.63) is 46.2 Å². The van der Waals surface area contributed by atoms with E-state index in [1.807, 2.05) is 0 Å². The van der Waals surface area contributed by atoms with Gasteiger partial charge in [0.05, 0.1) is 5.56 Å². The molecule has 0 aliphatic rings. The fraction of sp³-hybridized carbons (Fsp3) is 0. The Morgan fingerprint density at radius 1 is 1.28 bits per heavy atom. The van der Waals surface area contributed by atoms with E-state index >= 15 is 0 Å². The van der Waals surface area contributed by atoms with Crippen molar-refractivity contribution in [3.63, 3.8) is 0 Å². The number of nitrogens with zero attached hydrogens (tertiary/aromatic N) is 2. The number of phenolic OH excluding ortho intramolecular Hbond substituents is 1. The van der Waals surface area contributed by atoms with Gasteiger partial charge in [-0.3, -0.25) is 10.1 Å².